The highest BCUT2D eigenvalue weighted by molar-refractivity contribution is 5.89. The van der Waals surface area contributed by atoms with Gasteiger partial charge in [0.15, 0.2) is 0 Å². The molecule has 0 unspecified atom stereocenters. The van der Waals surface area contributed by atoms with E-state index in [-0.39, 0.29) is 0 Å². The predicted molar refractivity (Wildman–Crippen MR) is 79.0 cm³/mol. The van der Waals surface area contributed by atoms with Crippen LogP contribution in [0, 0.1) is 5.41 Å². The smallest absolute Gasteiger partial charge is 0.422 e. The summed E-state index contributed by atoms with van der Waals surface area (Å²) >= 11 is 0. The van der Waals surface area contributed by atoms with Crippen LogP contribution < -0.4 is 0 Å². The molecule has 0 aromatic rings. The van der Waals surface area contributed by atoms with E-state index >= 15 is 39.5 Å². The third-order valence-electron chi connectivity index (χ3n) is 7.15. The van der Waals surface area contributed by atoms with Crippen molar-refractivity contribution in [3.63, 3.8) is 0 Å². The van der Waals surface area contributed by atoms with Crippen LogP contribution in [0.15, 0.2) is 12.2 Å². The average Bonchev–Trinajstić information content (AvgIpc) is 2.65. The molecule has 0 amide bonds. The fourth-order valence-corrected chi connectivity index (χ4v) is 5.47. The van der Waals surface area contributed by atoms with E-state index in [0.29, 0.717) is 0 Å². The summed E-state index contributed by atoms with van der Waals surface area (Å²) in [6.45, 7) is 0.296. The first kappa shape index (κ1) is 29.5. The van der Waals surface area contributed by atoms with Crippen LogP contribution >= 0.6 is 0 Å². The molecule has 0 saturated heterocycles. The second-order valence-electron chi connectivity index (χ2n) is 9.05. The van der Waals surface area contributed by atoms with Gasteiger partial charge < -0.3 is 4.74 Å². The summed E-state index contributed by atoms with van der Waals surface area (Å²) in [6.07, 6.45) is -5.99. The Bertz CT molecular complexity index is 971. The van der Waals surface area contributed by atoms with E-state index in [9.17, 15) is 44.3 Å². The molecule has 4 rings (SSSR count). The maximum atomic E-state index is 15.2. The fraction of sp³-hybridized carbons (Fsp3) is 0.824. The van der Waals surface area contributed by atoms with Crippen molar-refractivity contribution in [1.29, 1.82) is 0 Å². The van der Waals surface area contributed by atoms with Crippen LogP contribution in [0.25, 0.3) is 0 Å². The van der Waals surface area contributed by atoms with Gasteiger partial charge in [-0.05, 0) is 13.8 Å². The SMILES string of the molecule is C=C(C(=O)OC(C)(C)C12C(F)(F)C3(F)C(F)(F)C(F)(C(F)(F)C(F)(C3(F)F)C1(F)F)C2(F)F)C(F)(F)F. The number of rotatable bonds is 3. The lowest BCUT2D eigenvalue weighted by molar-refractivity contribution is -0.623. The van der Waals surface area contributed by atoms with Crippen LogP contribution in [-0.4, -0.2) is 70.3 Å². The third-order valence-corrected chi connectivity index (χ3v) is 7.15. The van der Waals surface area contributed by atoms with Gasteiger partial charge in [-0.15, -0.1) is 0 Å². The Morgan fingerprint density at radius 3 is 1.03 bits per heavy atom. The Labute approximate surface area is 191 Å². The van der Waals surface area contributed by atoms with Crippen molar-refractivity contribution in [3.8, 4) is 0 Å². The van der Waals surface area contributed by atoms with E-state index < -0.39 is 95.1 Å². The van der Waals surface area contributed by atoms with Gasteiger partial charge in [-0.2, -0.15) is 39.5 Å². The van der Waals surface area contributed by atoms with Gasteiger partial charge in [0.25, 0.3) is 0 Å². The Balaban J connectivity index is 2.60. The molecule has 0 radical (unpaired) electrons. The molecule has 0 aromatic heterocycles. The van der Waals surface area contributed by atoms with Crippen LogP contribution in [0.5, 0.6) is 0 Å². The van der Waals surface area contributed by atoms with Crippen molar-refractivity contribution in [1.82, 2.24) is 0 Å². The number of carbonyl (C=O) groups excluding carboxylic acids is 1. The molecule has 4 saturated carbocycles. The van der Waals surface area contributed by atoms with Crippen molar-refractivity contribution >= 4 is 5.97 Å². The van der Waals surface area contributed by atoms with Crippen LogP contribution in [0.3, 0.4) is 0 Å². The molecule has 4 aliphatic carbocycles. The van der Waals surface area contributed by atoms with Gasteiger partial charge >= 0.3 is 64.7 Å². The van der Waals surface area contributed by atoms with E-state index in [1.807, 2.05) is 6.58 Å². The number of halogens is 18. The van der Waals surface area contributed by atoms with Crippen molar-refractivity contribution in [2.45, 2.75) is 78.2 Å². The molecule has 0 spiro atoms. The molecule has 4 bridgehead atoms. The molecule has 20 heteroatoms. The van der Waals surface area contributed by atoms with Crippen LogP contribution in [-0.2, 0) is 9.53 Å². The van der Waals surface area contributed by atoms with Gasteiger partial charge in [0.2, 0.25) is 5.41 Å². The number of hydrogen-bond acceptors (Lipinski definition) is 2. The molecule has 0 heterocycles. The number of carbonyl (C=O) groups is 1. The van der Waals surface area contributed by atoms with Gasteiger partial charge in [0.1, 0.15) is 11.2 Å². The molecular formula is C17H8F18O2. The quantitative estimate of drug-likeness (QED) is 0.218. The van der Waals surface area contributed by atoms with Crippen molar-refractivity contribution in [2.75, 3.05) is 0 Å². The standard InChI is InChI=1S/C17H8F18O2/c1-4(7(18,19)20)5(36)37-6(2,3)8-12(24,25)9(21)15(30,31)10(22,13(8,26)27)17(34,35)11(23,14(8,28)29)16(9,32)33/h1H2,2-3H3. The minimum absolute atomic E-state index is 0.818. The molecule has 37 heavy (non-hydrogen) atoms. The summed E-state index contributed by atoms with van der Waals surface area (Å²) in [6, 6.07) is 0. The van der Waals surface area contributed by atoms with E-state index in [0.717, 1.165) is 0 Å². The highest BCUT2D eigenvalue weighted by Gasteiger charge is 3.23. The minimum atomic E-state index is -8.08. The first-order valence-corrected chi connectivity index (χ1v) is 9.12. The Hall–Kier alpha value is -2.05. The molecule has 0 aromatic carbocycles. The number of alkyl halides is 18. The topological polar surface area (TPSA) is 26.3 Å². The maximum absolute atomic E-state index is 15.2. The van der Waals surface area contributed by atoms with E-state index in [1.54, 1.807) is 0 Å². The maximum Gasteiger partial charge on any atom is 0.422 e. The zero-order chi connectivity index (χ0) is 29.9. The second-order valence-corrected chi connectivity index (χ2v) is 9.05. The van der Waals surface area contributed by atoms with Gasteiger partial charge in [0, 0.05) is 0 Å². The zero-order valence-electron chi connectivity index (χ0n) is 17.3. The van der Waals surface area contributed by atoms with Gasteiger partial charge in [-0.25, -0.2) is 44.3 Å². The van der Waals surface area contributed by atoms with Crippen molar-refractivity contribution in [2.24, 2.45) is 5.41 Å². The van der Waals surface area contributed by atoms with Crippen LogP contribution in [0.1, 0.15) is 13.8 Å². The van der Waals surface area contributed by atoms with E-state index in [2.05, 4.69) is 4.74 Å². The van der Waals surface area contributed by atoms with E-state index in [1.165, 1.54) is 0 Å². The summed E-state index contributed by atoms with van der Waals surface area (Å²) < 4.78 is 265. The first-order chi connectivity index (χ1) is 15.8. The molecule has 4 aliphatic rings. The van der Waals surface area contributed by atoms with Crippen molar-refractivity contribution in [3.05, 3.63) is 12.2 Å². The molecule has 0 atom stereocenters. The monoisotopic (exact) mass is 586 g/mol. The molecule has 0 aliphatic heterocycles. The Morgan fingerprint density at radius 1 is 0.568 bits per heavy atom. The van der Waals surface area contributed by atoms with Gasteiger partial charge in [0.05, 0.1) is 0 Å². The first-order valence-electron chi connectivity index (χ1n) is 9.12. The largest absolute Gasteiger partial charge is 0.455 e. The molecule has 214 valence electrons. The fourth-order valence-electron chi connectivity index (χ4n) is 5.47. The summed E-state index contributed by atoms with van der Waals surface area (Å²) in [5, 5.41) is 0. The normalized spacial score (nSPS) is 41.8. The summed E-state index contributed by atoms with van der Waals surface area (Å²) in [7, 11) is 0. The van der Waals surface area contributed by atoms with E-state index in [4.69, 9.17) is 0 Å². The number of ether oxygens (including phenoxy) is 1. The van der Waals surface area contributed by atoms with Gasteiger partial charge in [-0.3, -0.25) is 0 Å². The lowest BCUT2D eigenvalue weighted by atomic mass is 9.34. The number of esters is 1. The summed E-state index contributed by atoms with van der Waals surface area (Å²) in [5.41, 5.74) is -39.3. The summed E-state index contributed by atoms with van der Waals surface area (Å²) in [4.78, 5) is 11.7. The Kier molecular flexibility index (Phi) is 4.96. The van der Waals surface area contributed by atoms with Crippen LogP contribution in [0.4, 0.5) is 79.0 Å². The Morgan fingerprint density at radius 2 is 0.811 bits per heavy atom. The minimum Gasteiger partial charge on any atom is -0.455 e. The van der Waals surface area contributed by atoms with Crippen molar-refractivity contribution < 1.29 is 88.6 Å². The van der Waals surface area contributed by atoms with Crippen LogP contribution in [0.2, 0.25) is 0 Å². The zero-order valence-corrected chi connectivity index (χ0v) is 17.3. The highest BCUT2D eigenvalue weighted by Crippen LogP contribution is 2.92. The molecule has 4 fully saturated rings. The lowest BCUT2D eigenvalue weighted by Gasteiger charge is -2.77. The summed E-state index contributed by atoms with van der Waals surface area (Å²) in [5.74, 6) is -51.4. The lowest BCUT2D eigenvalue weighted by Crippen LogP contribution is -3.09. The predicted octanol–water partition coefficient (Wildman–Crippen LogP) is 6.39. The molecule has 2 nitrogen and oxygen atoms in total. The molecule has 0 N–H and O–H groups in total. The highest BCUT2D eigenvalue weighted by atomic mass is 19.4. The average molecular weight is 586 g/mol. The molecular weight excluding hydrogens is 578 g/mol. The third kappa shape index (κ3) is 2.05. The number of hydrogen-bond donors (Lipinski definition) is 0. The van der Waals surface area contributed by atoms with Gasteiger partial charge in [-0.1, -0.05) is 6.58 Å². The second kappa shape index (κ2) is 6.22.